The van der Waals surface area contributed by atoms with Crippen LogP contribution in [0.25, 0.3) is 22.0 Å². The number of hydrogen-bond donors (Lipinski definition) is 3. The van der Waals surface area contributed by atoms with Crippen LogP contribution in [0.1, 0.15) is 37.1 Å². The van der Waals surface area contributed by atoms with Gasteiger partial charge in [-0.25, -0.2) is 9.97 Å². The number of ether oxygens (including phenoxy) is 1. The molecule has 0 saturated carbocycles. The molecule has 10 heteroatoms. The number of aromatic nitrogens is 3. The van der Waals surface area contributed by atoms with Crippen molar-refractivity contribution in [2.75, 3.05) is 26.3 Å². The van der Waals surface area contributed by atoms with Gasteiger partial charge in [-0.3, -0.25) is 4.90 Å². The van der Waals surface area contributed by atoms with Gasteiger partial charge < -0.3 is 19.9 Å². The Balaban J connectivity index is 1.41. The number of rotatable bonds is 8. The molecule has 1 saturated heterocycles. The third-order valence-corrected chi connectivity index (χ3v) is 7.62. The molecule has 1 unspecified atom stereocenters. The molecule has 0 radical (unpaired) electrons. The number of phenols is 1. The number of nitrogens with one attached hydrogen (secondary N) is 1. The van der Waals surface area contributed by atoms with Crippen LogP contribution < -0.4 is 0 Å². The summed E-state index contributed by atoms with van der Waals surface area (Å²) in [6.45, 7) is 6.96. The van der Waals surface area contributed by atoms with Gasteiger partial charge >= 0.3 is 6.18 Å². The zero-order valence-electron chi connectivity index (χ0n) is 22.5. The van der Waals surface area contributed by atoms with Gasteiger partial charge in [0.2, 0.25) is 0 Å². The van der Waals surface area contributed by atoms with Gasteiger partial charge in [-0.15, -0.1) is 0 Å². The monoisotopic (exact) mass is 554 g/mol. The van der Waals surface area contributed by atoms with Crippen LogP contribution in [0.2, 0.25) is 0 Å². The topological polar surface area (TPSA) is 94.5 Å². The standard InChI is InChI=1S/C30H33F3N4O3/c1-28(2,25-13-21(4-6-27(25)38)23-15-34-19-35-16-23)18-29(39,30(31,32)33)14-24-12-22-11-20(3-5-26(22)36-24)17-37-7-9-40-10-8-37/h3-6,11-13,15-16,19,36,38-39H,7-10,14,17-18H2,1-2H3. The second kappa shape index (κ2) is 10.8. The second-order valence-corrected chi connectivity index (χ2v) is 11.2. The molecule has 212 valence electrons. The molecule has 0 bridgehead atoms. The van der Waals surface area contributed by atoms with Crippen molar-refractivity contribution in [1.82, 2.24) is 19.9 Å². The summed E-state index contributed by atoms with van der Waals surface area (Å²) in [5.74, 6) is -0.145. The summed E-state index contributed by atoms with van der Waals surface area (Å²) < 4.78 is 48.9. The van der Waals surface area contributed by atoms with Gasteiger partial charge in [-0.1, -0.05) is 26.0 Å². The van der Waals surface area contributed by atoms with E-state index in [-0.39, 0.29) is 11.4 Å². The van der Waals surface area contributed by atoms with E-state index < -0.39 is 30.0 Å². The minimum Gasteiger partial charge on any atom is -0.508 e. The van der Waals surface area contributed by atoms with Crippen LogP contribution in [0.15, 0.2) is 61.2 Å². The fourth-order valence-corrected chi connectivity index (χ4v) is 5.56. The van der Waals surface area contributed by atoms with Crippen LogP contribution in [-0.4, -0.2) is 68.1 Å². The lowest BCUT2D eigenvalue weighted by molar-refractivity contribution is -0.266. The number of morpholine rings is 1. The van der Waals surface area contributed by atoms with E-state index in [4.69, 9.17) is 4.74 Å². The number of alkyl halides is 3. The van der Waals surface area contributed by atoms with E-state index in [1.54, 1.807) is 44.4 Å². The Bertz CT molecular complexity index is 1470. The molecule has 5 rings (SSSR count). The van der Waals surface area contributed by atoms with E-state index in [0.717, 1.165) is 30.6 Å². The average Bonchev–Trinajstić information content (AvgIpc) is 3.30. The van der Waals surface area contributed by atoms with Crippen LogP contribution in [0.3, 0.4) is 0 Å². The molecular weight excluding hydrogens is 521 g/mol. The highest BCUT2D eigenvalue weighted by atomic mass is 19.4. The Morgan fingerprint density at radius 1 is 0.975 bits per heavy atom. The molecule has 1 atom stereocenters. The highest BCUT2D eigenvalue weighted by Crippen LogP contribution is 2.45. The van der Waals surface area contributed by atoms with Gasteiger partial charge in [0.05, 0.1) is 13.2 Å². The SMILES string of the molecule is CC(C)(CC(O)(Cc1cc2cc(CN3CCOCC3)ccc2[nH]1)C(F)(F)F)c1cc(-c2cncnc2)ccc1O. The third kappa shape index (κ3) is 5.99. The molecule has 0 spiro atoms. The molecule has 2 aromatic heterocycles. The van der Waals surface area contributed by atoms with Crippen molar-refractivity contribution >= 4 is 10.9 Å². The predicted octanol–water partition coefficient (Wildman–Crippen LogP) is 5.37. The maximum Gasteiger partial charge on any atom is 0.417 e. The Morgan fingerprint density at radius 3 is 2.40 bits per heavy atom. The first-order valence-electron chi connectivity index (χ1n) is 13.2. The van der Waals surface area contributed by atoms with Crippen molar-refractivity contribution < 1.29 is 28.1 Å². The van der Waals surface area contributed by atoms with Crippen molar-refractivity contribution in [3.63, 3.8) is 0 Å². The summed E-state index contributed by atoms with van der Waals surface area (Å²) in [7, 11) is 0. The summed E-state index contributed by atoms with van der Waals surface area (Å²) in [6.07, 6.45) is -1.67. The highest BCUT2D eigenvalue weighted by molar-refractivity contribution is 5.81. The summed E-state index contributed by atoms with van der Waals surface area (Å²) in [6, 6.07) is 12.2. The molecular formula is C30H33F3N4O3. The van der Waals surface area contributed by atoms with Crippen molar-refractivity contribution in [1.29, 1.82) is 0 Å². The minimum atomic E-state index is -4.91. The molecule has 3 heterocycles. The molecule has 0 aliphatic carbocycles. The van der Waals surface area contributed by atoms with Gasteiger partial charge in [0, 0.05) is 60.8 Å². The fraction of sp³-hybridized carbons (Fsp3) is 0.400. The summed E-state index contributed by atoms with van der Waals surface area (Å²) >= 11 is 0. The zero-order valence-corrected chi connectivity index (χ0v) is 22.5. The molecule has 1 aliphatic rings. The van der Waals surface area contributed by atoms with Crippen molar-refractivity contribution in [2.24, 2.45) is 0 Å². The fourth-order valence-electron chi connectivity index (χ4n) is 5.56. The van der Waals surface area contributed by atoms with E-state index in [1.807, 2.05) is 18.2 Å². The summed E-state index contributed by atoms with van der Waals surface area (Å²) in [5.41, 5.74) is -0.623. The average molecular weight is 555 g/mol. The van der Waals surface area contributed by atoms with Crippen molar-refractivity contribution in [3.8, 4) is 16.9 Å². The minimum absolute atomic E-state index is 0.145. The molecule has 4 aromatic rings. The largest absolute Gasteiger partial charge is 0.508 e. The number of aromatic hydroxyl groups is 1. The molecule has 3 N–H and O–H groups in total. The number of hydrogen-bond acceptors (Lipinski definition) is 6. The Labute approximate surface area is 230 Å². The number of benzene rings is 2. The van der Waals surface area contributed by atoms with E-state index in [2.05, 4.69) is 19.9 Å². The number of fused-ring (bicyclic) bond motifs is 1. The number of halogens is 3. The maximum atomic E-state index is 14.5. The van der Waals surface area contributed by atoms with E-state index in [1.165, 1.54) is 12.4 Å². The summed E-state index contributed by atoms with van der Waals surface area (Å²) in [5, 5.41) is 22.6. The lowest BCUT2D eigenvalue weighted by atomic mass is 9.72. The lowest BCUT2D eigenvalue weighted by Crippen LogP contribution is -2.50. The molecule has 1 fully saturated rings. The number of aliphatic hydroxyl groups is 1. The maximum absolute atomic E-state index is 14.5. The van der Waals surface area contributed by atoms with Gasteiger partial charge in [0.1, 0.15) is 12.1 Å². The van der Waals surface area contributed by atoms with Crippen LogP contribution in [-0.2, 0) is 23.1 Å². The normalized spacial score (nSPS) is 16.8. The molecule has 0 amide bonds. The first-order chi connectivity index (χ1) is 18.9. The Hall–Kier alpha value is -3.47. The van der Waals surface area contributed by atoms with Crippen LogP contribution >= 0.6 is 0 Å². The highest BCUT2D eigenvalue weighted by Gasteiger charge is 2.56. The second-order valence-electron chi connectivity index (χ2n) is 11.2. The lowest BCUT2D eigenvalue weighted by Gasteiger charge is -2.38. The Morgan fingerprint density at radius 2 is 1.70 bits per heavy atom. The van der Waals surface area contributed by atoms with Gasteiger partial charge in [0.25, 0.3) is 0 Å². The quantitative estimate of drug-likeness (QED) is 0.271. The van der Waals surface area contributed by atoms with Crippen molar-refractivity contribution in [2.45, 2.75) is 50.4 Å². The van der Waals surface area contributed by atoms with E-state index in [9.17, 15) is 23.4 Å². The van der Waals surface area contributed by atoms with Gasteiger partial charge in [-0.2, -0.15) is 13.2 Å². The smallest absolute Gasteiger partial charge is 0.417 e. The third-order valence-electron chi connectivity index (χ3n) is 7.62. The number of H-pyrrole nitrogens is 1. The van der Waals surface area contributed by atoms with Gasteiger partial charge in [0.15, 0.2) is 5.60 Å². The molecule has 2 aromatic carbocycles. The molecule has 40 heavy (non-hydrogen) atoms. The number of nitrogens with zero attached hydrogens (tertiary/aromatic N) is 3. The van der Waals surface area contributed by atoms with Crippen LogP contribution in [0.4, 0.5) is 13.2 Å². The van der Waals surface area contributed by atoms with Crippen LogP contribution in [0.5, 0.6) is 5.75 Å². The Kier molecular flexibility index (Phi) is 7.60. The molecule has 7 nitrogen and oxygen atoms in total. The van der Waals surface area contributed by atoms with E-state index in [0.29, 0.717) is 35.4 Å². The van der Waals surface area contributed by atoms with Gasteiger partial charge in [-0.05, 0) is 58.7 Å². The van der Waals surface area contributed by atoms with E-state index >= 15 is 0 Å². The molecule has 1 aliphatic heterocycles. The van der Waals surface area contributed by atoms with Crippen molar-refractivity contribution in [3.05, 3.63) is 78.0 Å². The number of phenolic OH excluding ortho intramolecular Hbond substituents is 1. The first kappa shape index (κ1) is 28.1. The zero-order chi connectivity index (χ0) is 28.5. The van der Waals surface area contributed by atoms with Crippen LogP contribution in [0, 0.1) is 0 Å². The summed E-state index contributed by atoms with van der Waals surface area (Å²) in [4.78, 5) is 13.3. The predicted molar refractivity (Wildman–Crippen MR) is 146 cm³/mol. The first-order valence-corrected chi connectivity index (χ1v) is 13.2. The number of aromatic amines is 1.